The van der Waals surface area contributed by atoms with Gasteiger partial charge in [0.05, 0.1) is 15.1 Å². The number of anilines is 1. The number of halogens is 1. The minimum Gasteiger partial charge on any atom is -0.490 e. The number of carbonyl (C=O) groups excluding carboxylic acids is 3. The van der Waals surface area contributed by atoms with Crippen molar-refractivity contribution < 1.29 is 23.9 Å². The Bertz CT molecular complexity index is 1700. The zero-order valence-electron chi connectivity index (χ0n) is 22.9. The predicted octanol–water partition coefficient (Wildman–Crippen LogP) is 7.82. The van der Waals surface area contributed by atoms with Crippen LogP contribution >= 0.6 is 46.1 Å². The van der Waals surface area contributed by atoms with Crippen LogP contribution in [-0.4, -0.2) is 41.4 Å². The number of fused-ring (bicyclic) bond motifs is 1. The second-order valence-electron chi connectivity index (χ2n) is 9.24. The van der Waals surface area contributed by atoms with Gasteiger partial charge in [-0.2, -0.15) is 0 Å². The summed E-state index contributed by atoms with van der Waals surface area (Å²) in [6.45, 7) is 2.31. The van der Waals surface area contributed by atoms with E-state index in [0.29, 0.717) is 36.0 Å². The molecular formula is C32H27IN2O5S2. The zero-order valence-corrected chi connectivity index (χ0v) is 26.7. The first-order valence-corrected chi connectivity index (χ1v) is 16.2. The molecule has 42 heavy (non-hydrogen) atoms. The summed E-state index contributed by atoms with van der Waals surface area (Å²) in [5.74, 6) is 0.194. The number of amides is 3. The lowest BCUT2D eigenvalue weighted by molar-refractivity contribution is -0.127. The number of hydrogen-bond acceptors (Lipinski definition) is 7. The average molecular weight is 711 g/mol. The number of thioether (sulfide) groups is 2. The number of rotatable bonds is 10. The molecule has 0 aliphatic carbocycles. The van der Waals surface area contributed by atoms with Gasteiger partial charge >= 0.3 is 0 Å². The maximum absolute atomic E-state index is 13.1. The largest absolute Gasteiger partial charge is 0.490 e. The van der Waals surface area contributed by atoms with Crippen LogP contribution in [0.15, 0.2) is 88.7 Å². The van der Waals surface area contributed by atoms with E-state index in [-0.39, 0.29) is 11.4 Å². The molecule has 7 nitrogen and oxygen atoms in total. The van der Waals surface area contributed by atoms with E-state index in [1.54, 1.807) is 30.0 Å². The Balaban J connectivity index is 1.31. The molecule has 1 fully saturated rings. The fourth-order valence-corrected chi connectivity index (χ4v) is 6.55. The standard InChI is InChI=1S/C32H27IN2O5S2/c1-3-39-27-15-20(14-26(33)30(27)40-19-22-10-6-9-21-8-4-5-13-25(21)22)16-28-31(37)35(32(38)42-28)18-29(36)34-23-11-7-12-24(17-23)41-2/h4-17H,3,18-19H2,1-2H3,(H,34,36)/b28-16+. The molecule has 214 valence electrons. The molecule has 0 aromatic heterocycles. The highest BCUT2D eigenvalue weighted by molar-refractivity contribution is 14.1. The van der Waals surface area contributed by atoms with Gasteiger partial charge in [-0.1, -0.05) is 48.5 Å². The molecule has 1 saturated heterocycles. The van der Waals surface area contributed by atoms with E-state index in [0.717, 1.165) is 41.5 Å². The van der Waals surface area contributed by atoms with Gasteiger partial charge in [-0.25, -0.2) is 0 Å². The summed E-state index contributed by atoms with van der Waals surface area (Å²) in [6, 6.07) is 25.3. The number of carbonyl (C=O) groups is 3. The van der Waals surface area contributed by atoms with Crippen molar-refractivity contribution in [1.29, 1.82) is 0 Å². The summed E-state index contributed by atoms with van der Waals surface area (Å²) in [5, 5.41) is 4.54. The van der Waals surface area contributed by atoms with E-state index >= 15 is 0 Å². The normalized spacial score (nSPS) is 14.1. The van der Waals surface area contributed by atoms with Crippen LogP contribution < -0.4 is 14.8 Å². The van der Waals surface area contributed by atoms with Crippen LogP contribution in [0.3, 0.4) is 0 Å². The second-order valence-corrected chi connectivity index (χ2v) is 12.3. The Kier molecular flexibility index (Phi) is 9.76. The summed E-state index contributed by atoms with van der Waals surface area (Å²) in [4.78, 5) is 40.6. The highest BCUT2D eigenvalue weighted by Crippen LogP contribution is 2.38. The van der Waals surface area contributed by atoms with Crippen molar-refractivity contribution in [3.05, 3.63) is 98.5 Å². The second kappa shape index (κ2) is 13.7. The van der Waals surface area contributed by atoms with Crippen molar-refractivity contribution in [1.82, 2.24) is 4.90 Å². The Morgan fingerprint density at radius 1 is 1.02 bits per heavy atom. The number of ether oxygens (including phenoxy) is 2. The number of nitrogens with one attached hydrogen (secondary N) is 1. The Labute approximate surface area is 266 Å². The van der Waals surface area contributed by atoms with E-state index in [9.17, 15) is 14.4 Å². The smallest absolute Gasteiger partial charge is 0.294 e. The molecule has 0 radical (unpaired) electrons. The van der Waals surface area contributed by atoms with Gasteiger partial charge in [0.25, 0.3) is 11.1 Å². The first-order valence-electron chi connectivity index (χ1n) is 13.1. The number of nitrogens with zero attached hydrogens (tertiary/aromatic N) is 1. The maximum atomic E-state index is 13.1. The van der Waals surface area contributed by atoms with E-state index in [2.05, 4.69) is 46.1 Å². The summed E-state index contributed by atoms with van der Waals surface area (Å²) < 4.78 is 13.0. The fourth-order valence-electron chi connectivity index (χ4n) is 4.48. The Morgan fingerprint density at radius 2 is 1.81 bits per heavy atom. The van der Waals surface area contributed by atoms with E-state index in [1.165, 1.54) is 0 Å². The first-order chi connectivity index (χ1) is 20.4. The van der Waals surface area contributed by atoms with Crippen LogP contribution in [0.2, 0.25) is 0 Å². The number of benzene rings is 4. The van der Waals surface area contributed by atoms with Crippen LogP contribution in [0.5, 0.6) is 11.5 Å². The third-order valence-corrected chi connectivity index (χ3v) is 8.84. The van der Waals surface area contributed by atoms with Crippen molar-refractivity contribution in [3.8, 4) is 11.5 Å². The minimum absolute atomic E-state index is 0.236. The van der Waals surface area contributed by atoms with Crippen molar-refractivity contribution in [2.75, 3.05) is 24.7 Å². The van der Waals surface area contributed by atoms with Gasteiger partial charge in [-0.3, -0.25) is 19.3 Å². The summed E-state index contributed by atoms with van der Waals surface area (Å²) in [7, 11) is 0. The van der Waals surface area contributed by atoms with Crippen molar-refractivity contribution in [2.45, 2.75) is 18.4 Å². The fraction of sp³-hybridized carbons (Fsp3) is 0.156. The van der Waals surface area contributed by atoms with Crippen molar-refractivity contribution >= 4 is 85.7 Å². The molecule has 4 aromatic carbocycles. The summed E-state index contributed by atoms with van der Waals surface area (Å²) in [5.41, 5.74) is 2.35. The molecule has 0 atom stereocenters. The topological polar surface area (TPSA) is 84.9 Å². The molecule has 1 N–H and O–H groups in total. The van der Waals surface area contributed by atoms with Crippen LogP contribution in [0.1, 0.15) is 18.1 Å². The monoisotopic (exact) mass is 710 g/mol. The third-order valence-electron chi connectivity index (χ3n) is 6.41. The number of imide groups is 1. The SMILES string of the molecule is CCOc1cc(/C=C2/SC(=O)N(CC(=O)Nc3cccc(SC)c3)C2=O)cc(I)c1OCc1cccc2ccccc12. The number of hydrogen-bond donors (Lipinski definition) is 1. The van der Waals surface area contributed by atoms with Gasteiger partial charge in [0.15, 0.2) is 11.5 Å². The molecule has 10 heteroatoms. The van der Waals surface area contributed by atoms with Gasteiger partial charge in [0.1, 0.15) is 13.2 Å². The molecule has 3 amide bonds. The lowest BCUT2D eigenvalue weighted by atomic mass is 10.1. The van der Waals surface area contributed by atoms with E-state index < -0.39 is 17.1 Å². The van der Waals surface area contributed by atoms with E-state index in [4.69, 9.17) is 9.47 Å². The highest BCUT2D eigenvalue weighted by Gasteiger charge is 2.36. The van der Waals surface area contributed by atoms with Gasteiger partial charge in [-0.05, 0) is 106 Å². The van der Waals surface area contributed by atoms with E-state index in [1.807, 2.05) is 61.7 Å². The molecule has 0 spiro atoms. The average Bonchev–Trinajstić information content (AvgIpc) is 3.24. The Hall–Kier alpha value is -3.48. The summed E-state index contributed by atoms with van der Waals surface area (Å²) in [6.07, 6.45) is 3.59. The first kappa shape index (κ1) is 30.0. The zero-order chi connectivity index (χ0) is 29.6. The molecule has 0 saturated carbocycles. The highest BCUT2D eigenvalue weighted by atomic mass is 127. The Morgan fingerprint density at radius 3 is 2.62 bits per heavy atom. The molecule has 1 aliphatic heterocycles. The van der Waals surface area contributed by atoms with Gasteiger partial charge < -0.3 is 14.8 Å². The molecule has 0 bridgehead atoms. The molecule has 1 heterocycles. The van der Waals surface area contributed by atoms with Crippen LogP contribution in [0.25, 0.3) is 16.8 Å². The minimum atomic E-state index is -0.512. The van der Waals surface area contributed by atoms with Crippen LogP contribution in [0, 0.1) is 3.57 Å². The molecule has 0 unspecified atom stereocenters. The van der Waals surface area contributed by atoms with Crippen molar-refractivity contribution in [3.63, 3.8) is 0 Å². The molecule has 4 aromatic rings. The predicted molar refractivity (Wildman–Crippen MR) is 178 cm³/mol. The van der Waals surface area contributed by atoms with Crippen LogP contribution in [-0.2, 0) is 16.2 Å². The molecular weight excluding hydrogens is 683 g/mol. The van der Waals surface area contributed by atoms with Gasteiger partial charge in [0.2, 0.25) is 5.91 Å². The lowest BCUT2D eigenvalue weighted by Crippen LogP contribution is -2.36. The molecule has 5 rings (SSSR count). The third kappa shape index (κ3) is 6.93. The van der Waals surface area contributed by atoms with Gasteiger partial charge in [0, 0.05) is 10.6 Å². The maximum Gasteiger partial charge on any atom is 0.294 e. The lowest BCUT2D eigenvalue weighted by Gasteiger charge is -2.16. The summed E-state index contributed by atoms with van der Waals surface area (Å²) >= 11 is 4.55. The van der Waals surface area contributed by atoms with Gasteiger partial charge in [-0.15, -0.1) is 11.8 Å². The molecule has 1 aliphatic rings. The quantitative estimate of drug-likeness (QED) is 0.102. The van der Waals surface area contributed by atoms with Crippen molar-refractivity contribution in [2.24, 2.45) is 0 Å². The van der Waals surface area contributed by atoms with Crippen LogP contribution in [0.4, 0.5) is 10.5 Å².